The van der Waals surface area contributed by atoms with E-state index in [0.717, 1.165) is 12.8 Å². The zero-order valence-electron chi connectivity index (χ0n) is 10.5. The van der Waals surface area contributed by atoms with Gasteiger partial charge in [0, 0.05) is 13.1 Å². The average Bonchev–Trinajstić information content (AvgIpc) is 2.36. The number of hydrogen-bond acceptors (Lipinski definition) is 4. The zero-order valence-corrected chi connectivity index (χ0v) is 10.5. The van der Waals surface area contributed by atoms with E-state index in [9.17, 15) is 4.79 Å². The van der Waals surface area contributed by atoms with Crippen LogP contribution in [0.25, 0.3) is 0 Å². The van der Waals surface area contributed by atoms with Crippen molar-refractivity contribution in [1.82, 2.24) is 5.32 Å². The Kier molecular flexibility index (Phi) is 7.96. The summed E-state index contributed by atoms with van der Waals surface area (Å²) < 4.78 is 10.7. The number of nitrogens with two attached hydrogens (primary N) is 1. The Bertz CT molecular complexity index is 206. The first-order valence-corrected chi connectivity index (χ1v) is 6.49. The van der Waals surface area contributed by atoms with Crippen LogP contribution in [0, 0.1) is 0 Å². The van der Waals surface area contributed by atoms with Crippen LogP contribution >= 0.6 is 0 Å². The van der Waals surface area contributed by atoms with E-state index in [0.29, 0.717) is 32.4 Å². The van der Waals surface area contributed by atoms with Gasteiger partial charge in [0.1, 0.15) is 6.61 Å². The Morgan fingerprint density at radius 3 is 2.71 bits per heavy atom. The van der Waals surface area contributed by atoms with Crippen LogP contribution in [-0.4, -0.2) is 44.9 Å². The molecule has 0 aromatic rings. The molecule has 0 aliphatic heterocycles. The first-order chi connectivity index (χ1) is 8.33. The zero-order chi connectivity index (χ0) is 12.3. The molecule has 5 nitrogen and oxygen atoms in total. The minimum Gasteiger partial charge on any atom is -0.376 e. The molecule has 0 radical (unpaired) electrons. The summed E-state index contributed by atoms with van der Waals surface area (Å²) in [6.45, 7) is 2.10. The fourth-order valence-corrected chi connectivity index (χ4v) is 1.95. The maximum Gasteiger partial charge on any atom is 0.246 e. The smallest absolute Gasteiger partial charge is 0.246 e. The molecule has 3 N–H and O–H groups in total. The normalized spacial score (nSPS) is 17.0. The van der Waals surface area contributed by atoms with Gasteiger partial charge in [0.25, 0.3) is 0 Å². The minimum atomic E-state index is -0.106. The van der Waals surface area contributed by atoms with E-state index < -0.39 is 0 Å². The van der Waals surface area contributed by atoms with Crippen LogP contribution in [0.1, 0.15) is 32.1 Å². The predicted molar refractivity (Wildman–Crippen MR) is 65.7 cm³/mol. The molecule has 1 aliphatic rings. The maximum absolute atomic E-state index is 11.2. The summed E-state index contributed by atoms with van der Waals surface area (Å²) in [5.74, 6) is -0.106. The lowest BCUT2D eigenvalue weighted by Crippen LogP contribution is -2.32. The standard InChI is InChI=1S/C12H24N2O3/c13-6-8-16-10-12(15)14-7-9-17-11-4-2-1-3-5-11/h11H,1-10,13H2,(H,14,15). The van der Waals surface area contributed by atoms with Gasteiger partial charge < -0.3 is 20.5 Å². The Balaban J connectivity index is 1.90. The molecule has 5 heteroatoms. The van der Waals surface area contributed by atoms with Crippen molar-refractivity contribution in [2.45, 2.75) is 38.2 Å². The third kappa shape index (κ3) is 7.31. The number of ether oxygens (including phenoxy) is 2. The summed E-state index contributed by atoms with van der Waals surface area (Å²) >= 11 is 0. The predicted octanol–water partition coefficient (Wildman–Crippen LogP) is 0.427. The van der Waals surface area contributed by atoms with Crippen molar-refractivity contribution in [3.8, 4) is 0 Å². The number of rotatable bonds is 8. The van der Waals surface area contributed by atoms with Crippen LogP contribution in [0.15, 0.2) is 0 Å². The van der Waals surface area contributed by atoms with Crippen LogP contribution in [0.3, 0.4) is 0 Å². The van der Waals surface area contributed by atoms with Gasteiger partial charge in [0.15, 0.2) is 0 Å². The molecule has 1 rings (SSSR count). The van der Waals surface area contributed by atoms with Crippen molar-refractivity contribution in [3.05, 3.63) is 0 Å². The van der Waals surface area contributed by atoms with E-state index >= 15 is 0 Å². The monoisotopic (exact) mass is 244 g/mol. The van der Waals surface area contributed by atoms with E-state index in [2.05, 4.69) is 5.32 Å². The molecule has 0 heterocycles. The SMILES string of the molecule is NCCOCC(=O)NCCOC1CCCCC1. The Labute approximate surface area is 103 Å². The topological polar surface area (TPSA) is 73.6 Å². The summed E-state index contributed by atoms with van der Waals surface area (Å²) in [6.07, 6.45) is 6.58. The van der Waals surface area contributed by atoms with Gasteiger partial charge >= 0.3 is 0 Å². The molecule has 0 atom stereocenters. The highest BCUT2D eigenvalue weighted by molar-refractivity contribution is 5.77. The lowest BCUT2D eigenvalue weighted by molar-refractivity contribution is -0.126. The average molecular weight is 244 g/mol. The largest absolute Gasteiger partial charge is 0.376 e. The van der Waals surface area contributed by atoms with E-state index in [1.807, 2.05) is 0 Å². The van der Waals surface area contributed by atoms with Gasteiger partial charge in [-0.3, -0.25) is 4.79 Å². The highest BCUT2D eigenvalue weighted by Gasteiger charge is 2.13. The first-order valence-electron chi connectivity index (χ1n) is 6.49. The van der Waals surface area contributed by atoms with Crippen molar-refractivity contribution in [3.63, 3.8) is 0 Å². The molecular formula is C12H24N2O3. The quantitative estimate of drug-likeness (QED) is 0.607. The Morgan fingerprint density at radius 2 is 2.00 bits per heavy atom. The fraction of sp³-hybridized carbons (Fsp3) is 0.917. The molecule has 0 saturated heterocycles. The number of amides is 1. The second kappa shape index (κ2) is 9.39. The van der Waals surface area contributed by atoms with Crippen molar-refractivity contribution in [1.29, 1.82) is 0 Å². The van der Waals surface area contributed by atoms with Crippen molar-refractivity contribution >= 4 is 5.91 Å². The Morgan fingerprint density at radius 1 is 1.24 bits per heavy atom. The van der Waals surface area contributed by atoms with Crippen LogP contribution in [0.2, 0.25) is 0 Å². The van der Waals surface area contributed by atoms with Gasteiger partial charge in [0.05, 0.1) is 19.3 Å². The minimum absolute atomic E-state index is 0.0840. The van der Waals surface area contributed by atoms with Crippen LogP contribution in [0.4, 0.5) is 0 Å². The molecule has 1 saturated carbocycles. The van der Waals surface area contributed by atoms with Gasteiger partial charge in [0.2, 0.25) is 5.91 Å². The molecule has 100 valence electrons. The molecule has 1 fully saturated rings. The molecule has 17 heavy (non-hydrogen) atoms. The highest BCUT2D eigenvalue weighted by atomic mass is 16.5. The lowest BCUT2D eigenvalue weighted by atomic mass is 9.98. The number of carbonyl (C=O) groups excluding carboxylic acids is 1. The number of hydrogen-bond donors (Lipinski definition) is 2. The fourth-order valence-electron chi connectivity index (χ4n) is 1.95. The number of carbonyl (C=O) groups is 1. The van der Waals surface area contributed by atoms with Gasteiger partial charge in [-0.05, 0) is 12.8 Å². The van der Waals surface area contributed by atoms with Crippen LogP contribution < -0.4 is 11.1 Å². The van der Waals surface area contributed by atoms with E-state index in [4.69, 9.17) is 15.2 Å². The summed E-state index contributed by atoms with van der Waals surface area (Å²) in [5.41, 5.74) is 5.24. The maximum atomic E-state index is 11.2. The summed E-state index contributed by atoms with van der Waals surface area (Å²) in [7, 11) is 0. The third-order valence-corrected chi connectivity index (χ3v) is 2.83. The molecule has 1 amide bonds. The molecule has 0 aromatic carbocycles. The van der Waals surface area contributed by atoms with E-state index in [-0.39, 0.29) is 12.5 Å². The molecular weight excluding hydrogens is 220 g/mol. The molecule has 0 bridgehead atoms. The van der Waals surface area contributed by atoms with Crippen molar-refractivity contribution in [2.24, 2.45) is 5.73 Å². The molecule has 0 unspecified atom stereocenters. The van der Waals surface area contributed by atoms with Gasteiger partial charge in [-0.25, -0.2) is 0 Å². The molecule has 0 spiro atoms. The van der Waals surface area contributed by atoms with Gasteiger partial charge in [-0.2, -0.15) is 0 Å². The summed E-state index contributed by atoms with van der Waals surface area (Å²) in [5, 5.41) is 2.75. The second-order valence-electron chi connectivity index (χ2n) is 4.32. The van der Waals surface area contributed by atoms with Crippen LogP contribution in [-0.2, 0) is 14.3 Å². The van der Waals surface area contributed by atoms with Crippen LogP contribution in [0.5, 0.6) is 0 Å². The summed E-state index contributed by atoms with van der Waals surface area (Å²) in [4.78, 5) is 11.2. The summed E-state index contributed by atoms with van der Waals surface area (Å²) in [6, 6.07) is 0. The van der Waals surface area contributed by atoms with E-state index in [1.54, 1.807) is 0 Å². The van der Waals surface area contributed by atoms with E-state index in [1.165, 1.54) is 19.3 Å². The van der Waals surface area contributed by atoms with Gasteiger partial charge in [-0.1, -0.05) is 19.3 Å². The Hall–Kier alpha value is -0.650. The van der Waals surface area contributed by atoms with Crippen molar-refractivity contribution < 1.29 is 14.3 Å². The molecule has 1 aliphatic carbocycles. The molecule has 0 aromatic heterocycles. The first kappa shape index (κ1) is 14.4. The highest BCUT2D eigenvalue weighted by Crippen LogP contribution is 2.19. The number of nitrogens with one attached hydrogen (secondary N) is 1. The second-order valence-corrected chi connectivity index (χ2v) is 4.32. The van der Waals surface area contributed by atoms with Gasteiger partial charge in [-0.15, -0.1) is 0 Å². The van der Waals surface area contributed by atoms with Crippen molar-refractivity contribution in [2.75, 3.05) is 32.9 Å². The third-order valence-electron chi connectivity index (χ3n) is 2.83. The lowest BCUT2D eigenvalue weighted by Gasteiger charge is -2.21.